The van der Waals surface area contributed by atoms with Gasteiger partial charge in [0.2, 0.25) is 0 Å². The molecule has 0 radical (unpaired) electrons. The summed E-state index contributed by atoms with van der Waals surface area (Å²) in [5.41, 5.74) is 7.24. The molecule has 0 amide bonds. The van der Waals surface area contributed by atoms with Gasteiger partial charge in [-0.2, -0.15) is 0 Å². The zero-order chi connectivity index (χ0) is 11.5. The highest BCUT2D eigenvalue weighted by Gasteiger charge is 2.12. The Kier molecular flexibility index (Phi) is 3.61. The Morgan fingerprint density at radius 3 is 3.06 bits per heavy atom. The monoisotopic (exact) mass is 282 g/mol. The zero-order valence-corrected chi connectivity index (χ0v) is 10.8. The summed E-state index contributed by atoms with van der Waals surface area (Å²) in [4.78, 5) is 4.49. The lowest BCUT2D eigenvalue weighted by Gasteiger charge is -2.04. The van der Waals surface area contributed by atoms with Crippen molar-refractivity contribution in [2.45, 2.75) is 25.7 Å². The van der Waals surface area contributed by atoms with Crippen LogP contribution >= 0.6 is 15.9 Å². The molecule has 3 nitrogen and oxygen atoms in total. The topological polar surface area (TPSA) is 52.0 Å². The minimum atomic E-state index is 0.328. The number of hydrogen-bond acceptors (Lipinski definition) is 3. The van der Waals surface area contributed by atoms with Crippen LogP contribution in [0, 0.1) is 0 Å². The van der Waals surface area contributed by atoms with Gasteiger partial charge in [-0.05, 0) is 37.6 Å². The summed E-state index contributed by atoms with van der Waals surface area (Å²) >= 11 is 3.42. The second-order valence-corrected chi connectivity index (χ2v) is 4.91. The van der Waals surface area contributed by atoms with Crippen LogP contribution in [0.3, 0.4) is 0 Å². The molecule has 2 aromatic rings. The van der Waals surface area contributed by atoms with Crippen molar-refractivity contribution in [2.75, 3.05) is 6.54 Å². The first kappa shape index (κ1) is 11.6. The molecule has 16 heavy (non-hydrogen) atoms. The van der Waals surface area contributed by atoms with E-state index in [1.54, 1.807) is 0 Å². The third-order valence-electron chi connectivity index (χ3n) is 2.63. The predicted molar refractivity (Wildman–Crippen MR) is 68.4 cm³/mol. The molecule has 1 atom stereocenters. The standard InChI is InChI=1S/C12H15BrN2O/c1-8(3-2-6-14)12-15-10-7-9(13)4-5-11(10)16-12/h4-5,7-8H,2-3,6,14H2,1H3. The summed E-state index contributed by atoms with van der Waals surface area (Å²) in [6.45, 7) is 2.84. The van der Waals surface area contributed by atoms with Crippen molar-refractivity contribution in [2.24, 2.45) is 5.73 Å². The molecule has 1 unspecified atom stereocenters. The third-order valence-corrected chi connectivity index (χ3v) is 3.12. The van der Waals surface area contributed by atoms with E-state index in [9.17, 15) is 0 Å². The van der Waals surface area contributed by atoms with Crippen LogP contribution < -0.4 is 5.73 Å². The first-order valence-corrected chi connectivity index (χ1v) is 6.26. The van der Waals surface area contributed by atoms with E-state index in [2.05, 4.69) is 27.8 Å². The molecule has 86 valence electrons. The molecule has 4 heteroatoms. The maximum absolute atomic E-state index is 5.71. The minimum absolute atomic E-state index is 0.328. The van der Waals surface area contributed by atoms with E-state index in [1.807, 2.05) is 18.2 Å². The second-order valence-electron chi connectivity index (χ2n) is 4.00. The van der Waals surface area contributed by atoms with Crippen LogP contribution in [-0.2, 0) is 0 Å². The first-order chi connectivity index (χ1) is 7.70. The van der Waals surface area contributed by atoms with Gasteiger partial charge in [-0.15, -0.1) is 0 Å². The van der Waals surface area contributed by atoms with E-state index in [1.165, 1.54) is 0 Å². The second kappa shape index (κ2) is 4.97. The molecule has 0 saturated carbocycles. The van der Waals surface area contributed by atoms with Crippen molar-refractivity contribution in [1.29, 1.82) is 0 Å². The number of rotatable bonds is 4. The van der Waals surface area contributed by atoms with Gasteiger partial charge in [-0.25, -0.2) is 4.98 Å². The van der Waals surface area contributed by atoms with E-state index >= 15 is 0 Å². The Morgan fingerprint density at radius 2 is 2.31 bits per heavy atom. The zero-order valence-electron chi connectivity index (χ0n) is 9.24. The van der Waals surface area contributed by atoms with Gasteiger partial charge in [-0.1, -0.05) is 22.9 Å². The van der Waals surface area contributed by atoms with Gasteiger partial charge in [0.15, 0.2) is 11.5 Å². The van der Waals surface area contributed by atoms with Gasteiger partial charge in [0.1, 0.15) is 5.52 Å². The Hall–Kier alpha value is -0.870. The summed E-state index contributed by atoms with van der Waals surface area (Å²) in [7, 11) is 0. The van der Waals surface area contributed by atoms with Crippen LogP contribution in [0.2, 0.25) is 0 Å². The largest absolute Gasteiger partial charge is 0.440 e. The number of nitrogens with two attached hydrogens (primary N) is 1. The van der Waals surface area contributed by atoms with Crippen molar-refractivity contribution in [1.82, 2.24) is 4.98 Å². The lowest BCUT2D eigenvalue weighted by atomic mass is 10.1. The molecule has 0 spiro atoms. The smallest absolute Gasteiger partial charge is 0.198 e. The van der Waals surface area contributed by atoms with Gasteiger partial charge in [0.25, 0.3) is 0 Å². The minimum Gasteiger partial charge on any atom is -0.440 e. The third kappa shape index (κ3) is 2.44. The van der Waals surface area contributed by atoms with Crippen LogP contribution in [0.5, 0.6) is 0 Å². The average Bonchev–Trinajstić information content (AvgIpc) is 2.68. The number of oxazole rings is 1. The highest BCUT2D eigenvalue weighted by atomic mass is 79.9. The Morgan fingerprint density at radius 1 is 1.50 bits per heavy atom. The van der Waals surface area contributed by atoms with Gasteiger partial charge >= 0.3 is 0 Å². The number of benzene rings is 1. The molecule has 0 aliphatic carbocycles. The summed E-state index contributed by atoms with van der Waals surface area (Å²) in [5.74, 6) is 1.14. The van der Waals surface area contributed by atoms with E-state index in [-0.39, 0.29) is 0 Å². The lowest BCUT2D eigenvalue weighted by Crippen LogP contribution is -2.02. The fraction of sp³-hybridized carbons (Fsp3) is 0.417. The molecule has 1 aromatic carbocycles. The van der Waals surface area contributed by atoms with E-state index in [0.29, 0.717) is 5.92 Å². The van der Waals surface area contributed by atoms with Gasteiger partial charge in [0.05, 0.1) is 0 Å². The van der Waals surface area contributed by atoms with Gasteiger partial charge in [-0.3, -0.25) is 0 Å². The molecule has 0 bridgehead atoms. The van der Waals surface area contributed by atoms with Crippen LogP contribution in [0.15, 0.2) is 27.1 Å². The number of halogens is 1. The first-order valence-electron chi connectivity index (χ1n) is 5.46. The molecule has 2 N–H and O–H groups in total. The summed E-state index contributed by atoms with van der Waals surface area (Å²) in [5, 5.41) is 0. The van der Waals surface area contributed by atoms with Gasteiger partial charge in [0, 0.05) is 10.4 Å². The SMILES string of the molecule is CC(CCCN)c1nc2cc(Br)ccc2o1. The van der Waals surface area contributed by atoms with Crippen LogP contribution in [0.1, 0.15) is 31.6 Å². The van der Waals surface area contributed by atoms with E-state index in [0.717, 1.165) is 40.8 Å². The highest BCUT2D eigenvalue weighted by molar-refractivity contribution is 9.10. The number of nitrogens with zero attached hydrogens (tertiary/aromatic N) is 1. The van der Waals surface area contributed by atoms with Crippen LogP contribution in [-0.4, -0.2) is 11.5 Å². The fourth-order valence-corrected chi connectivity index (χ4v) is 2.03. The van der Waals surface area contributed by atoms with Gasteiger partial charge < -0.3 is 10.2 Å². The molecule has 2 rings (SSSR count). The van der Waals surface area contributed by atoms with Crippen LogP contribution in [0.4, 0.5) is 0 Å². The number of fused-ring (bicyclic) bond motifs is 1. The highest BCUT2D eigenvalue weighted by Crippen LogP contribution is 2.26. The quantitative estimate of drug-likeness (QED) is 0.935. The Balaban J connectivity index is 2.25. The molecular weight excluding hydrogens is 268 g/mol. The van der Waals surface area contributed by atoms with E-state index in [4.69, 9.17) is 10.2 Å². The van der Waals surface area contributed by atoms with Crippen molar-refractivity contribution in [3.05, 3.63) is 28.6 Å². The Bertz CT molecular complexity index is 481. The maximum atomic E-state index is 5.71. The van der Waals surface area contributed by atoms with E-state index < -0.39 is 0 Å². The molecule has 0 aliphatic heterocycles. The summed E-state index contributed by atoms with van der Waals surface area (Å²) < 4.78 is 6.73. The van der Waals surface area contributed by atoms with Crippen molar-refractivity contribution < 1.29 is 4.42 Å². The fourth-order valence-electron chi connectivity index (χ4n) is 1.68. The molecule has 0 saturated heterocycles. The maximum Gasteiger partial charge on any atom is 0.198 e. The van der Waals surface area contributed by atoms with Crippen LogP contribution in [0.25, 0.3) is 11.1 Å². The van der Waals surface area contributed by atoms with Crippen molar-refractivity contribution in [3.63, 3.8) is 0 Å². The van der Waals surface area contributed by atoms with Crippen molar-refractivity contribution >= 4 is 27.0 Å². The Labute approximate surface area is 103 Å². The molecule has 0 aliphatic rings. The number of hydrogen-bond donors (Lipinski definition) is 1. The average molecular weight is 283 g/mol. The molecular formula is C12H15BrN2O. The predicted octanol–water partition coefficient (Wildman–Crippen LogP) is 3.43. The summed E-state index contributed by atoms with van der Waals surface area (Å²) in [6.07, 6.45) is 2.02. The summed E-state index contributed by atoms with van der Waals surface area (Å²) in [6, 6.07) is 5.87. The molecule has 1 heterocycles. The lowest BCUT2D eigenvalue weighted by molar-refractivity contribution is 0.464. The van der Waals surface area contributed by atoms with Crippen molar-refractivity contribution in [3.8, 4) is 0 Å². The molecule has 1 aromatic heterocycles. The molecule has 0 fully saturated rings. The number of aromatic nitrogens is 1. The normalized spacial score (nSPS) is 13.2.